The predicted octanol–water partition coefficient (Wildman–Crippen LogP) is -0.148. The fourth-order valence-electron chi connectivity index (χ4n) is 0.533. The van der Waals surface area contributed by atoms with E-state index in [1.807, 2.05) is 0 Å². The molecule has 0 bridgehead atoms. The molecule has 0 saturated carbocycles. The lowest BCUT2D eigenvalue weighted by atomic mass is 10.0. The van der Waals surface area contributed by atoms with Crippen LogP contribution in [0, 0.1) is 0 Å². The van der Waals surface area contributed by atoms with Crippen LogP contribution in [0.5, 0.6) is 0 Å². The monoisotopic (exact) mass is 192 g/mol. The molecule has 0 aliphatic heterocycles. The van der Waals surface area contributed by atoms with Crippen molar-refractivity contribution in [3.05, 3.63) is 0 Å². The molecule has 0 fully saturated rings. The Morgan fingerprint density at radius 3 is 1.50 bits per heavy atom. The van der Waals surface area contributed by atoms with Crippen molar-refractivity contribution in [3.8, 4) is 0 Å². The minimum absolute atomic E-state index is 1.26. The van der Waals surface area contributed by atoms with Crippen LogP contribution in [0.25, 0.3) is 0 Å². The van der Waals surface area contributed by atoms with E-state index in [2.05, 4.69) is 0 Å². The summed E-state index contributed by atoms with van der Waals surface area (Å²) < 4.78 is 46.8. The number of rotatable bonds is 5. The van der Waals surface area contributed by atoms with E-state index in [1.165, 1.54) is 0 Å². The SMILES string of the molecule is OCC(CO)(CN(F)F)N(F)F. The van der Waals surface area contributed by atoms with Crippen molar-refractivity contribution in [2.24, 2.45) is 0 Å². The Morgan fingerprint density at radius 1 is 1.00 bits per heavy atom. The molecule has 0 rings (SSSR count). The Morgan fingerprint density at radius 2 is 1.42 bits per heavy atom. The number of halogens is 4. The molecule has 0 heterocycles. The zero-order valence-corrected chi connectivity index (χ0v) is 5.92. The van der Waals surface area contributed by atoms with Gasteiger partial charge in [-0.2, -0.15) is 0 Å². The first-order chi connectivity index (χ1) is 5.48. The van der Waals surface area contributed by atoms with Crippen LogP contribution in [0.15, 0.2) is 0 Å². The second-order valence-electron chi connectivity index (χ2n) is 2.23. The lowest BCUT2D eigenvalue weighted by Gasteiger charge is -2.28. The van der Waals surface area contributed by atoms with Crippen molar-refractivity contribution in [1.82, 2.24) is 10.7 Å². The molecule has 0 spiro atoms. The number of hydrogen-bond donors (Lipinski definition) is 2. The third kappa shape index (κ3) is 2.55. The molecule has 0 aromatic rings. The minimum Gasteiger partial charge on any atom is -0.394 e. The summed E-state index contributed by atoms with van der Waals surface area (Å²) in [7, 11) is 0. The Bertz CT molecular complexity index is 130. The van der Waals surface area contributed by atoms with E-state index in [-0.39, 0.29) is 0 Å². The second-order valence-corrected chi connectivity index (χ2v) is 2.23. The highest BCUT2D eigenvalue weighted by Crippen LogP contribution is 2.18. The lowest BCUT2D eigenvalue weighted by molar-refractivity contribution is -0.284. The molecule has 0 radical (unpaired) electrons. The van der Waals surface area contributed by atoms with Gasteiger partial charge in [0.2, 0.25) is 0 Å². The van der Waals surface area contributed by atoms with E-state index in [0.29, 0.717) is 0 Å². The molecule has 0 amide bonds. The zero-order chi connectivity index (χ0) is 9.78. The molecule has 2 N–H and O–H groups in total. The molecule has 0 unspecified atom stereocenters. The first-order valence-electron chi connectivity index (χ1n) is 2.91. The van der Waals surface area contributed by atoms with E-state index in [4.69, 9.17) is 10.2 Å². The van der Waals surface area contributed by atoms with Gasteiger partial charge in [0.15, 0.2) is 0 Å². The highest BCUT2D eigenvalue weighted by molar-refractivity contribution is 4.83. The zero-order valence-electron chi connectivity index (χ0n) is 5.92. The topological polar surface area (TPSA) is 46.9 Å². The Hall–Kier alpha value is -0.440. The number of hydrogen-bond acceptors (Lipinski definition) is 4. The first-order valence-corrected chi connectivity index (χ1v) is 2.91. The third-order valence-electron chi connectivity index (χ3n) is 1.36. The van der Waals surface area contributed by atoms with Gasteiger partial charge in [0, 0.05) is 10.7 Å². The average molecular weight is 192 g/mol. The van der Waals surface area contributed by atoms with Crippen molar-refractivity contribution >= 4 is 0 Å². The molecule has 0 aliphatic carbocycles. The van der Waals surface area contributed by atoms with Crippen LogP contribution in [0.2, 0.25) is 0 Å². The number of aliphatic hydroxyl groups is 2. The van der Waals surface area contributed by atoms with Crippen LogP contribution < -0.4 is 0 Å². The molecular weight excluding hydrogens is 184 g/mol. The summed E-state index contributed by atoms with van der Waals surface area (Å²) in [6.45, 7) is -3.96. The molecule has 8 heteroatoms. The largest absolute Gasteiger partial charge is 0.394 e. The standard InChI is InChI=1S/C4H8F4N2O2/c5-9(6)1-4(2-11,3-12)10(7)8/h11-12H,1-3H2. The third-order valence-corrected chi connectivity index (χ3v) is 1.36. The van der Waals surface area contributed by atoms with E-state index >= 15 is 0 Å². The van der Waals surface area contributed by atoms with Crippen LogP contribution in [0.4, 0.5) is 17.9 Å². The summed E-state index contributed by atoms with van der Waals surface area (Å²) in [5.74, 6) is 0. The first kappa shape index (κ1) is 11.6. The van der Waals surface area contributed by atoms with Crippen LogP contribution in [0.1, 0.15) is 0 Å². The van der Waals surface area contributed by atoms with Crippen molar-refractivity contribution in [1.29, 1.82) is 0 Å². The van der Waals surface area contributed by atoms with Crippen molar-refractivity contribution in [3.63, 3.8) is 0 Å². The van der Waals surface area contributed by atoms with Gasteiger partial charge in [-0.15, -0.1) is 17.9 Å². The molecule has 0 aliphatic rings. The quantitative estimate of drug-likeness (QED) is 0.470. The van der Waals surface area contributed by atoms with Crippen LogP contribution in [0.3, 0.4) is 0 Å². The van der Waals surface area contributed by atoms with Gasteiger partial charge in [-0.05, 0) is 0 Å². The summed E-state index contributed by atoms with van der Waals surface area (Å²) in [5.41, 5.74) is -2.61. The molecule has 12 heavy (non-hydrogen) atoms. The minimum atomic E-state index is -2.61. The maximum atomic E-state index is 11.9. The molecule has 0 aromatic carbocycles. The lowest BCUT2D eigenvalue weighted by Crippen LogP contribution is -2.52. The van der Waals surface area contributed by atoms with E-state index in [0.717, 1.165) is 0 Å². The van der Waals surface area contributed by atoms with E-state index in [9.17, 15) is 17.9 Å². The highest BCUT2D eigenvalue weighted by atomic mass is 19.4. The Labute approximate surface area is 65.3 Å². The molecule has 0 aromatic heterocycles. The van der Waals surface area contributed by atoms with E-state index < -0.39 is 36.0 Å². The average Bonchev–Trinajstić information content (AvgIpc) is 1.99. The van der Waals surface area contributed by atoms with Crippen molar-refractivity contribution < 1.29 is 28.1 Å². The van der Waals surface area contributed by atoms with Gasteiger partial charge < -0.3 is 10.2 Å². The molecular formula is C4H8F4N2O2. The van der Waals surface area contributed by atoms with Gasteiger partial charge in [0.05, 0.1) is 19.8 Å². The number of aliphatic hydroxyl groups excluding tert-OH is 2. The van der Waals surface area contributed by atoms with Gasteiger partial charge >= 0.3 is 0 Å². The van der Waals surface area contributed by atoms with Gasteiger partial charge in [-0.3, -0.25) is 0 Å². The molecule has 0 saturated heterocycles. The fraction of sp³-hybridized carbons (Fsp3) is 1.00. The normalized spacial score (nSPS) is 13.0. The molecule has 4 nitrogen and oxygen atoms in total. The maximum Gasteiger partial charge on any atom is 0.148 e. The van der Waals surface area contributed by atoms with Crippen LogP contribution in [-0.2, 0) is 0 Å². The smallest absolute Gasteiger partial charge is 0.148 e. The Kier molecular flexibility index (Phi) is 4.39. The number of nitrogens with zero attached hydrogens (tertiary/aromatic N) is 2. The summed E-state index contributed by atoms with van der Waals surface area (Å²) in [6, 6.07) is 0. The second kappa shape index (κ2) is 4.55. The Balaban J connectivity index is 4.35. The summed E-state index contributed by atoms with van der Waals surface area (Å²) in [6.07, 6.45) is 0. The van der Waals surface area contributed by atoms with Gasteiger partial charge in [0.1, 0.15) is 5.54 Å². The van der Waals surface area contributed by atoms with Crippen LogP contribution in [-0.4, -0.2) is 46.2 Å². The molecule has 74 valence electrons. The summed E-state index contributed by atoms with van der Waals surface area (Å²) >= 11 is 0. The predicted molar refractivity (Wildman–Crippen MR) is 29.9 cm³/mol. The fourth-order valence-corrected chi connectivity index (χ4v) is 0.533. The van der Waals surface area contributed by atoms with Crippen molar-refractivity contribution in [2.45, 2.75) is 5.54 Å². The van der Waals surface area contributed by atoms with Gasteiger partial charge in [-0.25, -0.2) is 0 Å². The highest BCUT2D eigenvalue weighted by Gasteiger charge is 2.40. The van der Waals surface area contributed by atoms with Gasteiger partial charge in [0.25, 0.3) is 0 Å². The van der Waals surface area contributed by atoms with Crippen LogP contribution >= 0.6 is 0 Å². The summed E-state index contributed by atoms with van der Waals surface area (Å²) in [5, 5.41) is 13.6. The maximum absolute atomic E-state index is 11.9. The van der Waals surface area contributed by atoms with Crippen molar-refractivity contribution in [2.75, 3.05) is 19.8 Å². The van der Waals surface area contributed by atoms with Gasteiger partial charge in [-0.1, -0.05) is 0 Å². The molecule has 0 atom stereocenters. The summed E-state index contributed by atoms with van der Waals surface area (Å²) in [4.78, 5) is 0. The van der Waals surface area contributed by atoms with E-state index in [1.54, 1.807) is 0 Å².